The highest BCUT2D eigenvalue weighted by atomic mass is 35.5. The smallest absolute Gasteiger partial charge is 0.323 e. The molecule has 1 saturated heterocycles. The molecule has 1 aliphatic rings. The van der Waals surface area contributed by atoms with Gasteiger partial charge in [0.1, 0.15) is 23.0 Å². The Balaban J connectivity index is 1.33. The van der Waals surface area contributed by atoms with Gasteiger partial charge in [-0.3, -0.25) is 4.90 Å². The van der Waals surface area contributed by atoms with Crippen molar-refractivity contribution in [1.29, 1.82) is 0 Å². The summed E-state index contributed by atoms with van der Waals surface area (Å²) >= 11 is 5.84. The molecule has 0 spiro atoms. The molecule has 33 heavy (non-hydrogen) atoms. The average Bonchev–Trinajstić information content (AvgIpc) is 2.82. The second-order valence-corrected chi connectivity index (χ2v) is 8.14. The van der Waals surface area contributed by atoms with Crippen molar-refractivity contribution in [3.63, 3.8) is 0 Å². The highest BCUT2D eigenvalue weighted by molar-refractivity contribution is 6.29. The second kappa shape index (κ2) is 11.0. The molecule has 0 bridgehead atoms. The minimum Gasteiger partial charge on any atom is -0.496 e. The monoisotopic (exact) mass is 467 g/mol. The Kier molecular flexibility index (Phi) is 7.59. The van der Waals surface area contributed by atoms with E-state index in [2.05, 4.69) is 25.5 Å². The van der Waals surface area contributed by atoms with Gasteiger partial charge in [0.25, 0.3) is 0 Å². The molecule has 9 heteroatoms. The van der Waals surface area contributed by atoms with Gasteiger partial charge in [-0.15, -0.1) is 0 Å². The molecule has 0 radical (unpaired) electrons. The van der Waals surface area contributed by atoms with Crippen LogP contribution in [0.3, 0.4) is 0 Å². The maximum absolute atomic E-state index is 12.5. The molecule has 2 aromatic carbocycles. The lowest BCUT2D eigenvalue weighted by Crippen LogP contribution is -2.29. The number of rotatable bonds is 7. The van der Waals surface area contributed by atoms with Crippen LogP contribution in [0.2, 0.25) is 5.15 Å². The number of anilines is 2. The Labute approximate surface area is 197 Å². The fraction of sp³-hybridized carbons (Fsp3) is 0.292. The molecular formula is C24H26ClN5O3. The molecule has 0 saturated carbocycles. The number of aromatic nitrogens is 2. The van der Waals surface area contributed by atoms with Crippen LogP contribution in [0.25, 0.3) is 0 Å². The van der Waals surface area contributed by atoms with Gasteiger partial charge in [0, 0.05) is 35.6 Å². The van der Waals surface area contributed by atoms with Gasteiger partial charge in [0.15, 0.2) is 0 Å². The van der Waals surface area contributed by atoms with Gasteiger partial charge in [-0.2, -0.15) is 0 Å². The van der Waals surface area contributed by atoms with Crippen LogP contribution in [0.5, 0.6) is 17.4 Å². The number of hydrogen-bond acceptors (Lipinski definition) is 6. The number of piperidine rings is 1. The number of benzene rings is 2. The molecule has 0 unspecified atom stereocenters. The topological polar surface area (TPSA) is 88.6 Å². The molecule has 1 aliphatic heterocycles. The van der Waals surface area contributed by atoms with Gasteiger partial charge in [-0.1, -0.05) is 24.1 Å². The van der Waals surface area contributed by atoms with Crippen LogP contribution in [0.15, 0.2) is 54.9 Å². The molecule has 3 aromatic rings. The number of carbonyl (C=O) groups excluding carboxylic acids is 1. The predicted molar refractivity (Wildman–Crippen MR) is 128 cm³/mol. The van der Waals surface area contributed by atoms with Crippen molar-refractivity contribution in [3.05, 3.63) is 65.6 Å². The summed E-state index contributed by atoms with van der Waals surface area (Å²) in [5.41, 5.74) is 2.40. The summed E-state index contributed by atoms with van der Waals surface area (Å²) in [7, 11) is 1.65. The zero-order valence-electron chi connectivity index (χ0n) is 18.4. The number of halogens is 1. The summed E-state index contributed by atoms with van der Waals surface area (Å²) in [5.74, 6) is 1.67. The van der Waals surface area contributed by atoms with Crippen LogP contribution >= 0.6 is 11.6 Å². The zero-order chi connectivity index (χ0) is 23.0. The first-order valence-corrected chi connectivity index (χ1v) is 11.2. The van der Waals surface area contributed by atoms with Gasteiger partial charge in [0.2, 0.25) is 5.88 Å². The van der Waals surface area contributed by atoms with E-state index in [-0.39, 0.29) is 6.03 Å². The second-order valence-electron chi connectivity index (χ2n) is 7.75. The van der Waals surface area contributed by atoms with Crippen LogP contribution in [-0.2, 0) is 6.54 Å². The van der Waals surface area contributed by atoms with Crippen LogP contribution in [0, 0.1) is 0 Å². The van der Waals surface area contributed by atoms with Crippen LogP contribution < -0.4 is 20.1 Å². The van der Waals surface area contributed by atoms with E-state index < -0.39 is 0 Å². The maximum Gasteiger partial charge on any atom is 0.323 e. The van der Waals surface area contributed by atoms with E-state index in [1.54, 1.807) is 31.4 Å². The normalized spacial score (nSPS) is 13.9. The Morgan fingerprint density at radius 1 is 1.00 bits per heavy atom. The maximum atomic E-state index is 12.5. The molecular weight excluding hydrogens is 442 g/mol. The van der Waals surface area contributed by atoms with Gasteiger partial charge < -0.3 is 20.1 Å². The lowest BCUT2D eigenvalue weighted by molar-refractivity contribution is 0.218. The molecule has 2 amide bonds. The van der Waals surface area contributed by atoms with Crippen molar-refractivity contribution in [2.24, 2.45) is 0 Å². The number of hydrogen-bond donors (Lipinski definition) is 2. The van der Waals surface area contributed by atoms with Crippen LogP contribution in [-0.4, -0.2) is 41.1 Å². The highest BCUT2D eigenvalue weighted by Crippen LogP contribution is 2.26. The zero-order valence-corrected chi connectivity index (χ0v) is 19.1. The highest BCUT2D eigenvalue weighted by Gasteiger charge is 2.14. The average molecular weight is 468 g/mol. The fourth-order valence-electron chi connectivity index (χ4n) is 3.71. The van der Waals surface area contributed by atoms with E-state index in [4.69, 9.17) is 21.1 Å². The molecule has 8 nitrogen and oxygen atoms in total. The Morgan fingerprint density at radius 2 is 1.73 bits per heavy atom. The van der Waals surface area contributed by atoms with E-state index in [0.717, 1.165) is 30.9 Å². The van der Waals surface area contributed by atoms with Gasteiger partial charge in [-0.05, 0) is 56.3 Å². The minimum atomic E-state index is -0.350. The fourth-order valence-corrected chi connectivity index (χ4v) is 3.84. The summed E-state index contributed by atoms with van der Waals surface area (Å²) in [6, 6.07) is 13.8. The van der Waals surface area contributed by atoms with E-state index >= 15 is 0 Å². The van der Waals surface area contributed by atoms with Crippen molar-refractivity contribution in [2.75, 3.05) is 30.8 Å². The summed E-state index contributed by atoms with van der Waals surface area (Å²) < 4.78 is 11.2. The predicted octanol–water partition coefficient (Wildman–Crippen LogP) is 5.56. The third-order valence-electron chi connectivity index (χ3n) is 5.33. The molecule has 0 aliphatic carbocycles. The Morgan fingerprint density at radius 3 is 2.45 bits per heavy atom. The number of nitrogens with one attached hydrogen (secondary N) is 2. The number of nitrogens with zero attached hydrogens (tertiary/aromatic N) is 3. The first kappa shape index (κ1) is 22.8. The lowest BCUT2D eigenvalue weighted by atomic mass is 10.1. The Hall–Kier alpha value is -3.36. The first-order chi connectivity index (χ1) is 16.1. The summed E-state index contributed by atoms with van der Waals surface area (Å²) in [4.78, 5) is 22.7. The summed E-state index contributed by atoms with van der Waals surface area (Å²) in [5, 5.41) is 5.95. The van der Waals surface area contributed by atoms with Gasteiger partial charge >= 0.3 is 6.03 Å². The third kappa shape index (κ3) is 6.57. The SMILES string of the molecule is COc1cc(NC(=O)Nc2ccc(Oc3cc(Cl)ncn3)cc2)ccc1CN1CCCCC1. The van der Waals surface area contributed by atoms with Crippen LogP contribution in [0.4, 0.5) is 16.2 Å². The number of urea groups is 1. The molecule has 2 N–H and O–H groups in total. The number of methoxy groups -OCH3 is 1. The number of likely N-dealkylation sites (tertiary alicyclic amines) is 1. The standard InChI is InChI=1S/C24H26ClN5O3/c1-32-21-13-19(6-5-17(21)15-30-11-3-2-4-12-30)29-24(31)28-18-7-9-20(10-8-18)33-23-14-22(25)26-16-27-23/h5-10,13-14,16H,2-4,11-12,15H2,1H3,(H2,28,29,31). The van der Waals surface area contributed by atoms with E-state index in [0.29, 0.717) is 28.2 Å². The molecule has 1 aromatic heterocycles. The van der Waals surface area contributed by atoms with Gasteiger partial charge in [-0.25, -0.2) is 14.8 Å². The largest absolute Gasteiger partial charge is 0.496 e. The number of ether oxygens (including phenoxy) is 2. The molecule has 4 rings (SSSR count). The third-order valence-corrected chi connectivity index (χ3v) is 5.54. The van der Waals surface area contributed by atoms with Crippen molar-refractivity contribution >= 4 is 29.0 Å². The van der Waals surface area contributed by atoms with E-state index in [1.165, 1.54) is 31.7 Å². The molecule has 2 heterocycles. The molecule has 172 valence electrons. The summed E-state index contributed by atoms with van der Waals surface area (Å²) in [6.45, 7) is 3.08. The van der Waals surface area contributed by atoms with Crippen LogP contribution in [0.1, 0.15) is 24.8 Å². The number of amides is 2. The Bertz CT molecular complexity index is 1090. The van der Waals surface area contributed by atoms with Crippen molar-refractivity contribution < 1.29 is 14.3 Å². The van der Waals surface area contributed by atoms with E-state index in [9.17, 15) is 4.79 Å². The molecule has 1 fully saturated rings. The van der Waals surface area contributed by atoms with E-state index in [1.807, 2.05) is 18.2 Å². The molecule has 0 atom stereocenters. The van der Waals surface area contributed by atoms with Crippen molar-refractivity contribution in [2.45, 2.75) is 25.8 Å². The number of carbonyl (C=O) groups is 1. The minimum absolute atomic E-state index is 0.297. The first-order valence-electron chi connectivity index (χ1n) is 10.8. The van der Waals surface area contributed by atoms with Crippen molar-refractivity contribution in [3.8, 4) is 17.4 Å². The quantitative estimate of drug-likeness (QED) is 0.442. The van der Waals surface area contributed by atoms with Gasteiger partial charge in [0.05, 0.1) is 7.11 Å². The van der Waals surface area contributed by atoms with Crippen molar-refractivity contribution in [1.82, 2.24) is 14.9 Å². The summed E-state index contributed by atoms with van der Waals surface area (Å²) in [6.07, 6.45) is 5.11. The lowest BCUT2D eigenvalue weighted by Gasteiger charge is -2.27.